The van der Waals surface area contributed by atoms with Crippen LogP contribution in [0.25, 0.3) is 0 Å². The molecule has 2 N–H and O–H groups in total. The molecule has 3 nitrogen and oxygen atoms in total. The number of rotatable bonds is 12. The van der Waals surface area contributed by atoms with Gasteiger partial charge in [0.15, 0.2) is 6.29 Å². The fraction of sp³-hybridized carbons (Fsp3) is 0.833. The topological polar surface area (TPSA) is 57.5 Å². The van der Waals surface area contributed by atoms with Gasteiger partial charge in [-0.15, -0.1) is 11.8 Å². The normalized spacial score (nSPS) is 22.1. The van der Waals surface area contributed by atoms with Gasteiger partial charge in [0.25, 0.3) is 0 Å². The molecule has 1 saturated carbocycles. The highest BCUT2D eigenvalue weighted by Crippen LogP contribution is 2.34. The van der Waals surface area contributed by atoms with Gasteiger partial charge in [0, 0.05) is 12.2 Å². The summed E-state index contributed by atoms with van der Waals surface area (Å²) in [5.41, 5.74) is 0. The number of carbonyl (C=O) groups is 1. The number of ketones is 1. The van der Waals surface area contributed by atoms with E-state index in [0.717, 1.165) is 43.1 Å². The maximum absolute atomic E-state index is 12.0. The molecule has 134 valence electrons. The van der Waals surface area contributed by atoms with E-state index in [-0.39, 0.29) is 5.25 Å². The molecule has 1 rings (SSSR count). The Hall–Kier alpha value is 0.0300. The van der Waals surface area contributed by atoms with E-state index < -0.39 is 6.29 Å². The summed E-state index contributed by atoms with van der Waals surface area (Å²) in [6.45, 7) is 4.51. The minimum atomic E-state index is -1.21. The molecule has 0 amide bonds. The molecule has 0 aliphatic heterocycles. The van der Waals surface area contributed by atoms with Crippen molar-refractivity contribution in [2.45, 2.75) is 63.9 Å². The smallest absolute Gasteiger partial charge is 0.160 e. The molecule has 0 radical (unpaired) electrons. The molecule has 1 aliphatic rings. The highest BCUT2D eigenvalue weighted by atomic mass is 32.2. The third kappa shape index (κ3) is 9.80. The average molecular weight is 361 g/mol. The van der Waals surface area contributed by atoms with Crippen molar-refractivity contribution in [3.8, 4) is 0 Å². The first-order chi connectivity index (χ1) is 11.0. The van der Waals surface area contributed by atoms with Crippen molar-refractivity contribution in [3.05, 3.63) is 12.2 Å². The average Bonchev–Trinajstić information content (AvgIpc) is 2.82. The number of allylic oxidation sites excluding steroid dienone is 2. The Morgan fingerprint density at radius 3 is 2.74 bits per heavy atom. The first kappa shape index (κ1) is 21.1. The molecule has 0 saturated heterocycles. The van der Waals surface area contributed by atoms with Crippen LogP contribution in [-0.2, 0) is 4.79 Å². The minimum absolute atomic E-state index is 0.143. The van der Waals surface area contributed by atoms with Crippen LogP contribution in [0, 0.1) is 11.8 Å². The zero-order valence-electron chi connectivity index (χ0n) is 14.4. The SMILES string of the molecule is CC(C)CCCC=C[C@H]1CCC(=O)[C@@H]1SCCCSCC(O)O. The molecule has 0 aromatic carbocycles. The summed E-state index contributed by atoms with van der Waals surface area (Å²) in [6, 6.07) is 0. The van der Waals surface area contributed by atoms with Crippen LogP contribution in [0.5, 0.6) is 0 Å². The van der Waals surface area contributed by atoms with Gasteiger partial charge in [0.1, 0.15) is 5.78 Å². The summed E-state index contributed by atoms with van der Waals surface area (Å²) < 4.78 is 0. The third-order valence-electron chi connectivity index (χ3n) is 3.96. The molecule has 1 fully saturated rings. The molecule has 0 aromatic rings. The van der Waals surface area contributed by atoms with Crippen molar-refractivity contribution in [1.29, 1.82) is 0 Å². The second kappa shape index (κ2) is 12.4. The molecule has 0 bridgehead atoms. The first-order valence-corrected chi connectivity index (χ1v) is 11.0. The van der Waals surface area contributed by atoms with Crippen molar-refractivity contribution in [2.75, 3.05) is 17.3 Å². The van der Waals surface area contributed by atoms with Gasteiger partial charge in [-0.3, -0.25) is 4.79 Å². The Morgan fingerprint density at radius 2 is 2.04 bits per heavy atom. The molecule has 0 aromatic heterocycles. The molecular weight excluding hydrogens is 328 g/mol. The lowest BCUT2D eigenvalue weighted by molar-refractivity contribution is -0.117. The van der Waals surface area contributed by atoms with E-state index in [1.165, 1.54) is 12.8 Å². The Bertz CT molecular complexity index is 356. The molecule has 0 spiro atoms. The standard InChI is InChI=1S/C18H32O3S2/c1-14(2)7-4-3-5-8-15-9-10-16(19)18(15)23-12-6-11-22-13-17(20)21/h5,8,14-15,17-18,20-21H,3-4,6-7,9-13H2,1-2H3/t15-,18+/m0/s1. The molecule has 23 heavy (non-hydrogen) atoms. The molecule has 0 unspecified atom stereocenters. The van der Waals surface area contributed by atoms with E-state index in [9.17, 15) is 4.79 Å². The van der Waals surface area contributed by atoms with E-state index in [4.69, 9.17) is 10.2 Å². The van der Waals surface area contributed by atoms with Gasteiger partial charge in [-0.2, -0.15) is 11.8 Å². The van der Waals surface area contributed by atoms with Gasteiger partial charge in [-0.1, -0.05) is 32.4 Å². The van der Waals surface area contributed by atoms with Crippen molar-refractivity contribution in [1.82, 2.24) is 0 Å². The number of thioether (sulfide) groups is 2. The van der Waals surface area contributed by atoms with Crippen LogP contribution in [0.1, 0.15) is 52.4 Å². The lowest BCUT2D eigenvalue weighted by Gasteiger charge is -2.14. The maximum Gasteiger partial charge on any atom is 0.160 e. The van der Waals surface area contributed by atoms with Crippen LogP contribution < -0.4 is 0 Å². The third-order valence-corrected chi connectivity index (χ3v) is 6.57. The molecule has 0 heterocycles. The predicted octanol–water partition coefficient (Wildman–Crippen LogP) is 3.88. The highest BCUT2D eigenvalue weighted by Gasteiger charge is 2.32. The summed E-state index contributed by atoms with van der Waals surface area (Å²) in [4.78, 5) is 12.0. The van der Waals surface area contributed by atoms with Gasteiger partial charge in [0.2, 0.25) is 0 Å². The number of aliphatic hydroxyl groups is 2. The monoisotopic (exact) mass is 360 g/mol. The summed E-state index contributed by atoms with van der Waals surface area (Å²) >= 11 is 3.34. The highest BCUT2D eigenvalue weighted by molar-refractivity contribution is 8.01. The van der Waals surface area contributed by atoms with E-state index in [1.807, 2.05) is 0 Å². The summed E-state index contributed by atoms with van der Waals surface area (Å²) in [5.74, 6) is 3.85. The first-order valence-electron chi connectivity index (χ1n) is 8.75. The second-order valence-electron chi connectivity index (χ2n) is 6.62. The molecule has 5 heteroatoms. The van der Waals surface area contributed by atoms with E-state index >= 15 is 0 Å². The zero-order chi connectivity index (χ0) is 17.1. The van der Waals surface area contributed by atoms with Gasteiger partial charge in [0.05, 0.1) is 5.25 Å². The molecular formula is C18H32O3S2. The van der Waals surface area contributed by atoms with Crippen LogP contribution >= 0.6 is 23.5 Å². The van der Waals surface area contributed by atoms with Crippen LogP contribution in [0.3, 0.4) is 0 Å². The van der Waals surface area contributed by atoms with Gasteiger partial charge in [-0.05, 0) is 49.0 Å². The Morgan fingerprint density at radius 1 is 1.26 bits per heavy atom. The van der Waals surface area contributed by atoms with E-state index in [0.29, 0.717) is 17.5 Å². The van der Waals surface area contributed by atoms with Crippen molar-refractivity contribution >= 4 is 29.3 Å². The fourth-order valence-corrected chi connectivity index (χ4v) is 4.98. The number of carbonyl (C=O) groups excluding carboxylic acids is 1. The quantitative estimate of drug-likeness (QED) is 0.314. The number of unbranched alkanes of at least 4 members (excludes halogenated alkanes) is 1. The van der Waals surface area contributed by atoms with Crippen LogP contribution in [0.15, 0.2) is 12.2 Å². The van der Waals surface area contributed by atoms with Crippen LogP contribution in [0.4, 0.5) is 0 Å². The van der Waals surface area contributed by atoms with Crippen LogP contribution in [-0.4, -0.2) is 44.8 Å². The molecule has 2 atom stereocenters. The van der Waals surface area contributed by atoms with Gasteiger partial charge < -0.3 is 10.2 Å². The van der Waals surface area contributed by atoms with Crippen molar-refractivity contribution < 1.29 is 15.0 Å². The van der Waals surface area contributed by atoms with Crippen molar-refractivity contribution in [3.63, 3.8) is 0 Å². The largest absolute Gasteiger partial charge is 0.367 e. The second-order valence-corrected chi connectivity index (χ2v) is 9.02. The van der Waals surface area contributed by atoms with Crippen molar-refractivity contribution in [2.24, 2.45) is 11.8 Å². The summed E-state index contributed by atoms with van der Waals surface area (Å²) in [6.07, 6.45) is 9.71. The summed E-state index contributed by atoms with van der Waals surface area (Å²) in [7, 11) is 0. The fourth-order valence-electron chi connectivity index (χ4n) is 2.73. The zero-order valence-corrected chi connectivity index (χ0v) is 16.1. The van der Waals surface area contributed by atoms with Gasteiger partial charge >= 0.3 is 0 Å². The lowest BCUT2D eigenvalue weighted by Crippen LogP contribution is -2.17. The number of Topliss-reactive ketones (excluding diaryl/α,β-unsaturated/α-hetero) is 1. The Labute approximate surface area is 149 Å². The number of aliphatic hydroxyl groups excluding tert-OH is 1. The predicted molar refractivity (Wildman–Crippen MR) is 102 cm³/mol. The van der Waals surface area contributed by atoms with Crippen LogP contribution in [0.2, 0.25) is 0 Å². The lowest BCUT2D eigenvalue weighted by atomic mass is 10.0. The van der Waals surface area contributed by atoms with E-state index in [2.05, 4.69) is 26.0 Å². The van der Waals surface area contributed by atoms with E-state index in [1.54, 1.807) is 23.5 Å². The summed E-state index contributed by atoms with van der Waals surface area (Å²) in [5, 5.41) is 17.7. The number of hydrogen-bond acceptors (Lipinski definition) is 5. The Balaban J connectivity index is 2.20. The number of hydrogen-bond donors (Lipinski definition) is 2. The maximum atomic E-state index is 12.0. The van der Waals surface area contributed by atoms with Gasteiger partial charge in [-0.25, -0.2) is 0 Å². The molecule has 1 aliphatic carbocycles. The minimum Gasteiger partial charge on any atom is -0.367 e. The Kier molecular flexibility index (Phi) is 11.4.